The zero-order valence-corrected chi connectivity index (χ0v) is 25.5. The Labute approximate surface area is 253 Å². The van der Waals surface area contributed by atoms with Crippen molar-refractivity contribution in [2.75, 3.05) is 49.5 Å². The number of nitrogens with zero attached hydrogens (tertiary/aromatic N) is 6. The highest BCUT2D eigenvalue weighted by molar-refractivity contribution is 7.15. The Morgan fingerprint density at radius 2 is 1.88 bits per heavy atom. The summed E-state index contributed by atoms with van der Waals surface area (Å²) in [5.41, 5.74) is 4.35. The Kier molecular flexibility index (Phi) is 7.89. The number of carbonyl (C=O) groups excluding carboxylic acids is 1. The molecule has 0 spiro atoms. The molecule has 42 heavy (non-hydrogen) atoms. The summed E-state index contributed by atoms with van der Waals surface area (Å²) in [7, 11) is 5.40. The second-order valence-electron chi connectivity index (χ2n) is 10.5. The fourth-order valence-corrected chi connectivity index (χ4v) is 6.63. The first-order chi connectivity index (χ1) is 20.4. The van der Waals surface area contributed by atoms with Gasteiger partial charge in [-0.1, -0.05) is 17.7 Å². The van der Waals surface area contributed by atoms with Crippen LogP contribution in [0.1, 0.15) is 35.4 Å². The number of aromatic nitrogens is 3. The van der Waals surface area contributed by atoms with E-state index in [0.717, 1.165) is 42.7 Å². The molecule has 5 heterocycles. The van der Waals surface area contributed by atoms with Crippen molar-refractivity contribution in [2.24, 2.45) is 0 Å². The zero-order valence-electron chi connectivity index (χ0n) is 23.9. The number of thiophene rings is 1. The molecule has 10 nitrogen and oxygen atoms in total. The topological polar surface area (TPSA) is 96.0 Å². The van der Waals surface area contributed by atoms with Crippen molar-refractivity contribution in [3.8, 4) is 11.5 Å². The Balaban J connectivity index is 1.35. The Morgan fingerprint density at radius 3 is 2.55 bits per heavy atom. The number of hydrogen-bond acceptors (Lipinski definition) is 9. The van der Waals surface area contributed by atoms with Crippen LogP contribution < -0.4 is 24.6 Å². The molecule has 4 aromatic rings. The lowest BCUT2D eigenvalue weighted by atomic mass is 9.89. The molecular formula is C30H32ClN7O3S. The molecule has 1 saturated heterocycles. The molecule has 2 amide bonds. The molecule has 0 atom stereocenters. The summed E-state index contributed by atoms with van der Waals surface area (Å²) in [5.74, 6) is 2.98. The van der Waals surface area contributed by atoms with Crippen LogP contribution in [0.2, 0.25) is 4.34 Å². The van der Waals surface area contributed by atoms with Crippen LogP contribution in [0.15, 0.2) is 48.1 Å². The number of carbonyl (C=O) groups is 1. The average Bonchev–Trinajstić information content (AvgIpc) is 3.34. The Bertz CT molecular complexity index is 1590. The number of urea groups is 1. The van der Waals surface area contributed by atoms with E-state index >= 15 is 0 Å². The minimum absolute atomic E-state index is 0.271. The first kappa shape index (κ1) is 28.2. The normalized spacial score (nSPS) is 16.0. The van der Waals surface area contributed by atoms with Gasteiger partial charge < -0.3 is 19.7 Å². The largest absolute Gasteiger partial charge is 0.495 e. The average molecular weight is 606 g/mol. The summed E-state index contributed by atoms with van der Waals surface area (Å²) in [6.45, 7) is 4.38. The van der Waals surface area contributed by atoms with Gasteiger partial charge in [-0.15, -0.1) is 11.3 Å². The summed E-state index contributed by atoms with van der Waals surface area (Å²) < 4.78 is 11.6. The minimum atomic E-state index is -0.312. The molecule has 0 saturated carbocycles. The quantitative estimate of drug-likeness (QED) is 0.247. The highest BCUT2D eigenvalue weighted by Crippen LogP contribution is 2.42. The van der Waals surface area contributed by atoms with Gasteiger partial charge in [0.25, 0.3) is 0 Å². The number of benzene rings is 1. The van der Waals surface area contributed by atoms with Crippen molar-refractivity contribution in [1.29, 1.82) is 0 Å². The van der Waals surface area contributed by atoms with Gasteiger partial charge in [0, 0.05) is 11.8 Å². The molecule has 0 bridgehead atoms. The van der Waals surface area contributed by atoms with Gasteiger partial charge >= 0.3 is 6.03 Å². The van der Waals surface area contributed by atoms with Crippen LogP contribution in [0.25, 0.3) is 0 Å². The molecule has 1 aromatic carbocycles. The van der Waals surface area contributed by atoms with Gasteiger partial charge in [-0.25, -0.2) is 19.7 Å². The molecule has 0 radical (unpaired) electrons. The van der Waals surface area contributed by atoms with Crippen LogP contribution in [0, 0.1) is 6.92 Å². The van der Waals surface area contributed by atoms with E-state index in [0.29, 0.717) is 45.0 Å². The molecular weight excluding hydrogens is 574 g/mol. The van der Waals surface area contributed by atoms with E-state index < -0.39 is 0 Å². The molecule has 2 aliphatic rings. The van der Waals surface area contributed by atoms with Gasteiger partial charge in [-0.05, 0) is 86.6 Å². The summed E-state index contributed by atoms with van der Waals surface area (Å²) in [5, 5.41) is 5.24. The number of nitrogens with one attached hydrogen (secondary N) is 1. The lowest BCUT2D eigenvalue weighted by Gasteiger charge is -2.35. The van der Waals surface area contributed by atoms with E-state index in [1.165, 1.54) is 21.8 Å². The maximum atomic E-state index is 14.0. The molecule has 2 aliphatic heterocycles. The Hall–Kier alpha value is -3.93. The summed E-state index contributed by atoms with van der Waals surface area (Å²) in [4.78, 5) is 33.5. The Morgan fingerprint density at radius 1 is 1.07 bits per heavy atom. The van der Waals surface area contributed by atoms with Crippen LogP contribution in [0.5, 0.6) is 11.5 Å². The van der Waals surface area contributed by atoms with Crippen molar-refractivity contribution in [2.45, 2.75) is 32.2 Å². The number of ether oxygens (including phenoxy) is 2. The van der Waals surface area contributed by atoms with E-state index in [2.05, 4.69) is 39.4 Å². The number of anilines is 5. The fourth-order valence-electron chi connectivity index (χ4n) is 5.47. The third-order valence-electron chi connectivity index (χ3n) is 7.82. The molecule has 218 valence electrons. The number of fused-ring (bicyclic) bond motifs is 1. The van der Waals surface area contributed by atoms with E-state index in [1.54, 1.807) is 43.6 Å². The van der Waals surface area contributed by atoms with Crippen LogP contribution in [0.4, 0.5) is 33.8 Å². The number of pyridine rings is 1. The van der Waals surface area contributed by atoms with Crippen molar-refractivity contribution >= 4 is 57.9 Å². The number of aryl methyl sites for hydroxylation is 1. The summed E-state index contributed by atoms with van der Waals surface area (Å²) in [6.07, 6.45) is 5.55. The van der Waals surface area contributed by atoms with E-state index in [-0.39, 0.29) is 12.6 Å². The SMILES string of the molecule is COc1ccc(N2C(=O)N(c3c(C)csc3Cl)Cc3cnc(Nc4ccc(C5CCN(C)CC5)cc4OC)nc32)nc1. The number of amides is 2. The highest BCUT2D eigenvalue weighted by atomic mass is 35.5. The first-order valence-corrected chi connectivity index (χ1v) is 15.0. The minimum Gasteiger partial charge on any atom is -0.495 e. The first-order valence-electron chi connectivity index (χ1n) is 13.7. The number of likely N-dealkylation sites (tertiary alicyclic amines) is 1. The van der Waals surface area contributed by atoms with Crippen molar-refractivity contribution < 1.29 is 14.3 Å². The number of rotatable bonds is 7. The second kappa shape index (κ2) is 11.7. The number of piperidine rings is 1. The van der Waals surface area contributed by atoms with Crippen LogP contribution >= 0.6 is 22.9 Å². The molecule has 3 aromatic heterocycles. The predicted molar refractivity (Wildman–Crippen MR) is 166 cm³/mol. The molecule has 1 fully saturated rings. The molecule has 0 aliphatic carbocycles. The van der Waals surface area contributed by atoms with E-state index in [1.807, 2.05) is 18.4 Å². The predicted octanol–water partition coefficient (Wildman–Crippen LogP) is 6.74. The van der Waals surface area contributed by atoms with Crippen LogP contribution in [-0.4, -0.2) is 60.2 Å². The van der Waals surface area contributed by atoms with Gasteiger partial charge in [0.2, 0.25) is 5.95 Å². The fraction of sp³-hybridized carbons (Fsp3) is 0.333. The maximum absolute atomic E-state index is 14.0. The molecule has 0 unspecified atom stereocenters. The van der Waals surface area contributed by atoms with Gasteiger partial charge in [-0.3, -0.25) is 4.90 Å². The number of halogens is 1. The second-order valence-corrected chi connectivity index (χ2v) is 12.0. The van der Waals surface area contributed by atoms with Crippen LogP contribution in [0.3, 0.4) is 0 Å². The summed E-state index contributed by atoms with van der Waals surface area (Å²) in [6, 6.07) is 9.42. The lowest BCUT2D eigenvalue weighted by Crippen LogP contribution is -2.46. The molecule has 6 rings (SSSR count). The van der Waals surface area contributed by atoms with Crippen molar-refractivity contribution in [3.05, 3.63) is 69.1 Å². The van der Waals surface area contributed by atoms with E-state index in [4.69, 9.17) is 26.1 Å². The van der Waals surface area contributed by atoms with Gasteiger partial charge in [-0.2, -0.15) is 4.98 Å². The highest BCUT2D eigenvalue weighted by Gasteiger charge is 2.37. The number of methoxy groups -OCH3 is 2. The maximum Gasteiger partial charge on any atom is 0.336 e. The van der Waals surface area contributed by atoms with Crippen molar-refractivity contribution in [3.63, 3.8) is 0 Å². The summed E-state index contributed by atoms with van der Waals surface area (Å²) >= 11 is 7.93. The van der Waals surface area contributed by atoms with Gasteiger partial charge in [0.15, 0.2) is 5.82 Å². The van der Waals surface area contributed by atoms with E-state index in [9.17, 15) is 4.79 Å². The van der Waals surface area contributed by atoms with Gasteiger partial charge in [0.05, 0.1) is 38.3 Å². The standard InChI is InChI=1S/C30H32ClN7O3S/c1-18-17-42-27(31)26(18)37-16-21-14-33-29(35-28(21)38(30(37)39)25-8-6-22(40-3)15-32-25)34-23-7-5-20(13-24(23)41-4)19-9-11-36(2)12-10-19/h5-8,13-15,17,19H,9-12,16H2,1-4H3,(H,33,34,35). The van der Waals surface area contributed by atoms with Crippen molar-refractivity contribution in [1.82, 2.24) is 19.9 Å². The monoisotopic (exact) mass is 605 g/mol. The zero-order chi connectivity index (χ0) is 29.4. The third kappa shape index (κ3) is 5.35. The van der Waals surface area contributed by atoms with Gasteiger partial charge in [0.1, 0.15) is 21.7 Å². The lowest BCUT2D eigenvalue weighted by molar-refractivity contribution is 0.252. The third-order valence-corrected chi connectivity index (χ3v) is 9.14. The molecule has 1 N–H and O–H groups in total. The number of hydrogen-bond donors (Lipinski definition) is 1. The van der Waals surface area contributed by atoms with Crippen LogP contribution in [-0.2, 0) is 6.54 Å². The smallest absolute Gasteiger partial charge is 0.336 e. The molecule has 12 heteroatoms.